The Morgan fingerprint density at radius 1 is 1.69 bits per heavy atom. The average molecular weight is 245 g/mol. The largest absolute Gasteiger partial charge is 0.468 e. The van der Waals surface area contributed by atoms with Crippen LogP contribution in [0.25, 0.3) is 0 Å². The van der Waals surface area contributed by atoms with Crippen LogP contribution in [-0.2, 0) is 15.3 Å². The van der Waals surface area contributed by atoms with Crippen LogP contribution in [0, 0.1) is 6.92 Å². The van der Waals surface area contributed by atoms with E-state index in [1.807, 2.05) is 0 Å². The molecule has 6 nitrogen and oxygen atoms in total. The maximum Gasteiger partial charge on any atom is 0.322 e. The van der Waals surface area contributed by atoms with E-state index in [4.69, 9.17) is 10.3 Å². The van der Waals surface area contributed by atoms with Gasteiger partial charge in [-0.1, -0.05) is 5.16 Å². The normalized spacial score (nSPS) is 12.4. The predicted octanol–water partition coefficient (Wildman–Crippen LogP) is 0.502. The number of aromatic nitrogens is 2. The van der Waals surface area contributed by atoms with E-state index in [0.717, 1.165) is 5.75 Å². The van der Waals surface area contributed by atoms with Gasteiger partial charge in [0.2, 0.25) is 5.89 Å². The molecule has 0 bridgehead atoms. The first-order chi connectivity index (χ1) is 7.63. The van der Waals surface area contributed by atoms with E-state index < -0.39 is 6.04 Å². The number of aryl methyl sites for hydroxylation is 1. The Bertz CT molecular complexity index is 342. The summed E-state index contributed by atoms with van der Waals surface area (Å²) in [6.45, 7) is 1.74. The fourth-order valence-electron chi connectivity index (χ4n) is 1.04. The van der Waals surface area contributed by atoms with Crippen molar-refractivity contribution >= 4 is 17.7 Å². The van der Waals surface area contributed by atoms with E-state index in [0.29, 0.717) is 23.9 Å². The van der Waals surface area contributed by atoms with Crippen LogP contribution in [0.3, 0.4) is 0 Å². The number of hydrogen-bond donors (Lipinski definition) is 1. The molecule has 16 heavy (non-hydrogen) atoms. The Kier molecular flexibility index (Phi) is 5.27. The van der Waals surface area contributed by atoms with E-state index in [1.54, 1.807) is 18.7 Å². The lowest BCUT2D eigenvalue weighted by Gasteiger charge is -2.07. The summed E-state index contributed by atoms with van der Waals surface area (Å²) in [6, 6.07) is -0.551. The van der Waals surface area contributed by atoms with Crippen molar-refractivity contribution in [1.29, 1.82) is 0 Å². The van der Waals surface area contributed by atoms with Crippen molar-refractivity contribution in [3.63, 3.8) is 0 Å². The third-order valence-corrected chi connectivity index (χ3v) is 2.86. The summed E-state index contributed by atoms with van der Waals surface area (Å²) >= 11 is 1.60. The fourth-order valence-corrected chi connectivity index (χ4v) is 1.91. The lowest BCUT2D eigenvalue weighted by molar-refractivity contribution is -0.142. The van der Waals surface area contributed by atoms with Crippen molar-refractivity contribution in [2.45, 2.75) is 25.1 Å². The third kappa shape index (κ3) is 4.19. The minimum atomic E-state index is -0.551. The fraction of sp³-hybridized carbons (Fsp3) is 0.667. The smallest absolute Gasteiger partial charge is 0.322 e. The van der Waals surface area contributed by atoms with Crippen molar-refractivity contribution in [3.8, 4) is 0 Å². The van der Waals surface area contributed by atoms with Crippen LogP contribution in [0.5, 0.6) is 0 Å². The number of nitrogens with zero attached hydrogens (tertiary/aromatic N) is 2. The molecule has 2 N–H and O–H groups in total. The second-order valence-electron chi connectivity index (χ2n) is 3.20. The van der Waals surface area contributed by atoms with Gasteiger partial charge in [-0.3, -0.25) is 4.79 Å². The molecular weight excluding hydrogens is 230 g/mol. The molecule has 0 aromatic carbocycles. The van der Waals surface area contributed by atoms with Crippen molar-refractivity contribution in [2.24, 2.45) is 5.73 Å². The van der Waals surface area contributed by atoms with E-state index in [9.17, 15) is 4.79 Å². The quantitative estimate of drug-likeness (QED) is 0.576. The number of nitrogens with two attached hydrogens (primary N) is 1. The zero-order chi connectivity index (χ0) is 12.0. The van der Waals surface area contributed by atoms with Crippen LogP contribution in [-0.4, -0.2) is 35.0 Å². The van der Waals surface area contributed by atoms with Crippen LogP contribution in [0.15, 0.2) is 4.52 Å². The molecule has 1 rings (SSSR count). The third-order valence-electron chi connectivity index (χ3n) is 1.88. The Morgan fingerprint density at radius 3 is 3.00 bits per heavy atom. The standard InChI is InChI=1S/C9H15N3O3S/c1-6-11-8(12-15-6)5-16-4-3-7(10)9(13)14-2/h7H,3-5,10H2,1-2H3. The molecule has 1 aromatic heterocycles. The summed E-state index contributed by atoms with van der Waals surface area (Å²) < 4.78 is 9.34. The highest BCUT2D eigenvalue weighted by atomic mass is 32.2. The molecule has 1 aromatic rings. The predicted molar refractivity (Wildman–Crippen MR) is 59.8 cm³/mol. The number of carbonyl (C=O) groups excluding carboxylic acids is 1. The monoisotopic (exact) mass is 245 g/mol. The molecule has 0 spiro atoms. The van der Waals surface area contributed by atoms with E-state index >= 15 is 0 Å². The molecule has 1 unspecified atom stereocenters. The number of rotatable bonds is 6. The molecule has 0 radical (unpaired) electrons. The summed E-state index contributed by atoms with van der Waals surface area (Å²) in [5.41, 5.74) is 5.57. The van der Waals surface area contributed by atoms with Crippen LogP contribution in [0.1, 0.15) is 18.1 Å². The molecule has 90 valence electrons. The Balaban J connectivity index is 2.14. The molecule has 0 saturated carbocycles. The Hall–Kier alpha value is -1.08. The zero-order valence-electron chi connectivity index (χ0n) is 9.30. The Labute approximate surface area is 97.9 Å². The summed E-state index contributed by atoms with van der Waals surface area (Å²) in [5.74, 6) is 2.25. The zero-order valence-corrected chi connectivity index (χ0v) is 10.1. The van der Waals surface area contributed by atoms with Gasteiger partial charge < -0.3 is 15.0 Å². The average Bonchev–Trinajstić information content (AvgIpc) is 2.69. The first-order valence-electron chi connectivity index (χ1n) is 4.84. The second-order valence-corrected chi connectivity index (χ2v) is 4.31. The van der Waals surface area contributed by atoms with Crippen molar-refractivity contribution in [3.05, 3.63) is 11.7 Å². The van der Waals surface area contributed by atoms with Gasteiger partial charge in [-0.2, -0.15) is 16.7 Å². The van der Waals surface area contributed by atoms with Gasteiger partial charge in [0.05, 0.1) is 12.9 Å². The SMILES string of the molecule is COC(=O)C(N)CCSCc1noc(C)n1. The van der Waals surface area contributed by atoms with Gasteiger partial charge in [0.25, 0.3) is 0 Å². The molecule has 7 heteroatoms. The van der Waals surface area contributed by atoms with Crippen LogP contribution in [0.2, 0.25) is 0 Å². The van der Waals surface area contributed by atoms with Gasteiger partial charge in [-0.15, -0.1) is 0 Å². The van der Waals surface area contributed by atoms with Gasteiger partial charge in [0.1, 0.15) is 6.04 Å². The van der Waals surface area contributed by atoms with Crippen molar-refractivity contribution in [1.82, 2.24) is 10.1 Å². The lowest BCUT2D eigenvalue weighted by atomic mass is 10.2. The molecule has 0 aliphatic heterocycles. The summed E-state index contributed by atoms with van der Waals surface area (Å²) in [7, 11) is 1.33. The number of carbonyl (C=O) groups is 1. The summed E-state index contributed by atoms with van der Waals surface area (Å²) in [4.78, 5) is 15.0. The van der Waals surface area contributed by atoms with Gasteiger partial charge in [0, 0.05) is 6.92 Å². The summed E-state index contributed by atoms with van der Waals surface area (Å²) in [5, 5.41) is 3.75. The molecule has 1 atom stereocenters. The number of esters is 1. The molecule has 0 amide bonds. The first kappa shape index (κ1) is 13.0. The molecule has 0 fully saturated rings. The Morgan fingerprint density at radius 2 is 2.44 bits per heavy atom. The number of methoxy groups -OCH3 is 1. The van der Waals surface area contributed by atoms with Crippen LogP contribution >= 0.6 is 11.8 Å². The van der Waals surface area contributed by atoms with Crippen molar-refractivity contribution < 1.29 is 14.1 Å². The maximum atomic E-state index is 11.0. The highest BCUT2D eigenvalue weighted by Gasteiger charge is 2.13. The van der Waals surface area contributed by atoms with E-state index in [1.165, 1.54) is 7.11 Å². The second kappa shape index (κ2) is 6.49. The minimum Gasteiger partial charge on any atom is -0.468 e. The first-order valence-corrected chi connectivity index (χ1v) is 5.99. The van der Waals surface area contributed by atoms with Crippen molar-refractivity contribution in [2.75, 3.05) is 12.9 Å². The number of hydrogen-bond acceptors (Lipinski definition) is 7. The highest BCUT2D eigenvalue weighted by Crippen LogP contribution is 2.11. The number of thioether (sulfide) groups is 1. The van der Waals surface area contributed by atoms with Crippen LogP contribution in [0.4, 0.5) is 0 Å². The topological polar surface area (TPSA) is 91.2 Å². The van der Waals surface area contributed by atoms with Crippen LogP contribution < -0.4 is 5.73 Å². The number of ether oxygens (including phenoxy) is 1. The van der Waals surface area contributed by atoms with E-state index in [2.05, 4.69) is 14.9 Å². The molecule has 0 saturated heterocycles. The molecule has 1 heterocycles. The van der Waals surface area contributed by atoms with Gasteiger partial charge >= 0.3 is 5.97 Å². The molecular formula is C9H15N3O3S. The maximum absolute atomic E-state index is 11.0. The summed E-state index contributed by atoms with van der Waals surface area (Å²) in [6.07, 6.45) is 0.578. The molecule has 0 aliphatic carbocycles. The minimum absolute atomic E-state index is 0.379. The van der Waals surface area contributed by atoms with Gasteiger partial charge in [0.15, 0.2) is 5.82 Å². The molecule has 0 aliphatic rings. The highest BCUT2D eigenvalue weighted by molar-refractivity contribution is 7.98. The van der Waals surface area contributed by atoms with Gasteiger partial charge in [-0.05, 0) is 12.2 Å². The van der Waals surface area contributed by atoms with Gasteiger partial charge in [-0.25, -0.2) is 0 Å². The van der Waals surface area contributed by atoms with E-state index in [-0.39, 0.29) is 5.97 Å². The lowest BCUT2D eigenvalue weighted by Crippen LogP contribution is -2.31.